The summed E-state index contributed by atoms with van der Waals surface area (Å²) in [4.78, 5) is 11.7. The molecule has 2 N–H and O–H groups in total. The Morgan fingerprint density at radius 3 is 2.63 bits per heavy atom. The molecule has 0 amide bonds. The summed E-state index contributed by atoms with van der Waals surface area (Å²) in [6.45, 7) is 1.60. The third-order valence-electron chi connectivity index (χ3n) is 4.35. The van der Waals surface area contributed by atoms with Crippen LogP contribution in [0.2, 0.25) is 0 Å². The lowest BCUT2D eigenvalue weighted by Crippen LogP contribution is -2.58. The first-order valence-electron chi connectivity index (χ1n) is 7.41. The largest absolute Gasteiger partial charge is 0.480 e. The number of aliphatic carboxylic acids is 1. The van der Waals surface area contributed by atoms with Gasteiger partial charge < -0.3 is 14.6 Å². The van der Waals surface area contributed by atoms with Gasteiger partial charge in [0.2, 0.25) is 0 Å². The monoisotopic (exact) mass is 269 g/mol. The van der Waals surface area contributed by atoms with E-state index in [4.69, 9.17) is 9.47 Å². The molecule has 2 unspecified atom stereocenters. The number of ether oxygens (including phenoxy) is 2. The Morgan fingerprint density at radius 1 is 1.32 bits per heavy atom. The lowest BCUT2D eigenvalue weighted by atomic mass is 9.94. The number of rotatable bonds is 8. The number of hydrogen-bond acceptors (Lipinski definition) is 4. The fourth-order valence-corrected chi connectivity index (χ4v) is 2.87. The summed E-state index contributed by atoms with van der Waals surface area (Å²) in [6.07, 6.45) is 6.44. The van der Waals surface area contributed by atoms with Crippen LogP contribution in [-0.4, -0.2) is 48.6 Å². The predicted octanol–water partition coefficient (Wildman–Crippen LogP) is 1.17. The van der Waals surface area contributed by atoms with E-state index in [1.54, 1.807) is 0 Å². The zero-order valence-electron chi connectivity index (χ0n) is 11.3. The van der Waals surface area contributed by atoms with Crippen molar-refractivity contribution in [3.63, 3.8) is 0 Å². The second kappa shape index (κ2) is 5.38. The SMILES string of the molecule is O=C(O)C(COCC1CCCO1)(NC1CC1)C1CC1. The molecule has 0 aromatic carbocycles. The molecule has 5 heteroatoms. The topological polar surface area (TPSA) is 67.8 Å². The van der Waals surface area contributed by atoms with E-state index < -0.39 is 11.5 Å². The first-order chi connectivity index (χ1) is 9.21. The van der Waals surface area contributed by atoms with Crippen LogP contribution in [0.15, 0.2) is 0 Å². The van der Waals surface area contributed by atoms with Crippen LogP contribution in [-0.2, 0) is 14.3 Å². The molecular formula is C14H23NO4. The highest BCUT2D eigenvalue weighted by atomic mass is 16.5. The Labute approximate surface area is 113 Å². The van der Waals surface area contributed by atoms with Crippen molar-refractivity contribution in [3.05, 3.63) is 0 Å². The Hall–Kier alpha value is -0.650. The van der Waals surface area contributed by atoms with E-state index in [0.717, 1.165) is 45.1 Å². The average Bonchev–Trinajstić information content (AvgIpc) is 3.29. The maximum atomic E-state index is 11.7. The van der Waals surface area contributed by atoms with Crippen molar-refractivity contribution in [2.75, 3.05) is 19.8 Å². The molecule has 0 aromatic rings. The van der Waals surface area contributed by atoms with Crippen molar-refractivity contribution < 1.29 is 19.4 Å². The van der Waals surface area contributed by atoms with Crippen LogP contribution in [0.25, 0.3) is 0 Å². The maximum absolute atomic E-state index is 11.7. The molecule has 2 atom stereocenters. The highest BCUT2D eigenvalue weighted by molar-refractivity contribution is 5.80. The van der Waals surface area contributed by atoms with E-state index in [1.807, 2.05) is 0 Å². The quantitative estimate of drug-likeness (QED) is 0.692. The molecule has 3 fully saturated rings. The smallest absolute Gasteiger partial charge is 0.326 e. The fourth-order valence-electron chi connectivity index (χ4n) is 2.87. The first kappa shape index (κ1) is 13.3. The minimum atomic E-state index is -0.861. The van der Waals surface area contributed by atoms with E-state index in [2.05, 4.69) is 5.32 Å². The molecule has 1 heterocycles. The van der Waals surface area contributed by atoms with E-state index in [9.17, 15) is 9.90 Å². The summed E-state index contributed by atoms with van der Waals surface area (Å²) >= 11 is 0. The highest BCUT2D eigenvalue weighted by Gasteiger charge is 2.53. The molecule has 2 saturated carbocycles. The third kappa shape index (κ3) is 3.09. The summed E-state index contributed by atoms with van der Waals surface area (Å²) in [6, 6.07) is 0.378. The van der Waals surface area contributed by atoms with Crippen molar-refractivity contribution in [2.24, 2.45) is 5.92 Å². The molecule has 0 radical (unpaired) electrons. The summed E-state index contributed by atoms with van der Waals surface area (Å²) in [5, 5.41) is 13.0. The van der Waals surface area contributed by atoms with E-state index in [0.29, 0.717) is 12.6 Å². The Balaban J connectivity index is 1.55. The van der Waals surface area contributed by atoms with Crippen LogP contribution in [0, 0.1) is 5.92 Å². The highest BCUT2D eigenvalue weighted by Crippen LogP contribution is 2.42. The number of hydrogen-bond donors (Lipinski definition) is 2. The first-order valence-corrected chi connectivity index (χ1v) is 7.41. The number of carbonyl (C=O) groups is 1. The summed E-state index contributed by atoms with van der Waals surface area (Å²) in [7, 11) is 0. The van der Waals surface area contributed by atoms with Gasteiger partial charge >= 0.3 is 5.97 Å². The van der Waals surface area contributed by atoms with Gasteiger partial charge in [0, 0.05) is 12.6 Å². The lowest BCUT2D eigenvalue weighted by molar-refractivity contribution is -0.150. The van der Waals surface area contributed by atoms with Crippen LogP contribution < -0.4 is 5.32 Å². The third-order valence-corrected chi connectivity index (χ3v) is 4.35. The normalized spacial score (nSPS) is 30.2. The average molecular weight is 269 g/mol. The van der Waals surface area contributed by atoms with E-state index in [-0.39, 0.29) is 18.6 Å². The van der Waals surface area contributed by atoms with E-state index in [1.165, 1.54) is 0 Å². The van der Waals surface area contributed by atoms with E-state index >= 15 is 0 Å². The Morgan fingerprint density at radius 2 is 2.11 bits per heavy atom. The Kier molecular flexibility index (Phi) is 3.78. The standard InChI is InChI=1S/C14H23NO4/c16-13(17)14(10-3-4-10,15-11-5-6-11)9-18-8-12-2-1-7-19-12/h10-12,15H,1-9H2,(H,16,17). The van der Waals surface area contributed by atoms with Crippen molar-refractivity contribution in [1.82, 2.24) is 5.32 Å². The van der Waals surface area contributed by atoms with Gasteiger partial charge in [-0.25, -0.2) is 0 Å². The zero-order valence-corrected chi connectivity index (χ0v) is 11.3. The van der Waals surface area contributed by atoms with Gasteiger partial charge in [0.25, 0.3) is 0 Å². The number of carboxylic acid groups (broad SMARTS) is 1. The van der Waals surface area contributed by atoms with Gasteiger partial charge in [0.05, 0.1) is 19.3 Å². The molecule has 3 rings (SSSR count). The molecular weight excluding hydrogens is 246 g/mol. The zero-order chi connectivity index (χ0) is 13.3. The van der Waals surface area contributed by atoms with Gasteiger partial charge in [0.15, 0.2) is 0 Å². The van der Waals surface area contributed by atoms with Crippen molar-refractivity contribution in [2.45, 2.75) is 56.2 Å². The van der Waals surface area contributed by atoms with Crippen molar-refractivity contribution in [3.8, 4) is 0 Å². The second-order valence-electron chi connectivity index (χ2n) is 6.12. The molecule has 0 spiro atoms. The van der Waals surface area contributed by atoms with Gasteiger partial charge in [-0.05, 0) is 44.4 Å². The molecule has 1 saturated heterocycles. The van der Waals surface area contributed by atoms with Crippen LogP contribution in [0.5, 0.6) is 0 Å². The fraction of sp³-hybridized carbons (Fsp3) is 0.929. The molecule has 5 nitrogen and oxygen atoms in total. The minimum Gasteiger partial charge on any atom is -0.480 e. The van der Waals surface area contributed by atoms with Crippen LogP contribution >= 0.6 is 0 Å². The van der Waals surface area contributed by atoms with Crippen LogP contribution in [0.4, 0.5) is 0 Å². The van der Waals surface area contributed by atoms with Gasteiger partial charge in [-0.1, -0.05) is 0 Å². The van der Waals surface area contributed by atoms with Crippen LogP contribution in [0.1, 0.15) is 38.5 Å². The van der Waals surface area contributed by atoms with Gasteiger partial charge in [-0.3, -0.25) is 10.1 Å². The number of nitrogens with one attached hydrogen (secondary N) is 1. The lowest BCUT2D eigenvalue weighted by Gasteiger charge is -2.31. The molecule has 0 aromatic heterocycles. The van der Waals surface area contributed by atoms with Crippen LogP contribution in [0.3, 0.4) is 0 Å². The predicted molar refractivity (Wildman–Crippen MR) is 69.0 cm³/mol. The minimum absolute atomic E-state index is 0.159. The summed E-state index contributed by atoms with van der Waals surface area (Å²) in [5.41, 5.74) is -0.861. The molecule has 2 aliphatic carbocycles. The van der Waals surface area contributed by atoms with Gasteiger partial charge in [0.1, 0.15) is 5.54 Å². The Bertz CT molecular complexity index is 334. The van der Waals surface area contributed by atoms with Crippen molar-refractivity contribution in [1.29, 1.82) is 0 Å². The summed E-state index contributed by atoms with van der Waals surface area (Å²) in [5.74, 6) is -0.524. The molecule has 3 aliphatic rings. The second-order valence-corrected chi connectivity index (χ2v) is 6.12. The number of carboxylic acids is 1. The maximum Gasteiger partial charge on any atom is 0.326 e. The van der Waals surface area contributed by atoms with Gasteiger partial charge in [-0.15, -0.1) is 0 Å². The summed E-state index contributed by atoms with van der Waals surface area (Å²) < 4.78 is 11.2. The molecule has 0 bridgehead atoms. The molecule has 1 aliphatic heterocycles. The van der Waals surface area contributed by atoms with Crippen molar-refractivity contribution >= 4 is 5.97 Å². The van der Waals surface area contributed by atoms with Gasteiger partial charge in [-0.2, -0.15) is 0 Å². The molecule has 108 valence electrons. The molecule has 19 heavy (non-hydrogen) atoms.